The average molecular weight is 474 g/mol. The lowest BCUT2D eigenvalue weighted by atomic mass is 9.67. The van der Waals surface area contributed by atoms with Crippen molar-refractivity contribution in [2.75, 3.05) is 6.61 Å². The van der Waals surface area contributed by atoms with E-state index in [2.05, 4.69) is 13.8 Å². The van der Waals surface area contributed by atoms with E-state index in [4.69, 9.17) is 14.5 Å². The predicted molar refractivity (Wildman–Crippen MR) is 143 cm³/mol. The average Bonchev–Trinajstić information content (AvgIpc) is 3.29. The molecule has 196 valence electrons. The number of hydrogen-bond acceptors (Lipinski definition) is 3. The van der Waals surface area contributed by atoms with Crippen LogP contribution in [0.1, 0.15) is 142 Å². The fraction of sp³-hybridized carbons (Fsp3) is 0.968. The highest BCUT2D eigenvalue weighted by atomic mass is 16.5. The first kappa shape index (κ1) is 26.5. The zero-order valence-corrected chi connectivity index (χ0v) is 22.7. The molecule has 34 heavy (non-hydrogen) atoms. The molecule has 0 aromatic rings. The molecule has 3 heteroatoms. The van der Waals surface area contributed by atoms with E-state index < -0.39 is 0 Å². The summed E-state index contributed by atoms with van der Waals surface area (Å²) in [5, 5.41) is 0. The van der Waals surface area contributed by atoms with Crippen molar-refractivity contribution >= 4 is 5.90 Å². The van der Waals surface area contributed by atoms with E-state index in [1.54, 1.807) is 0 Å². The van der Waals surface area contributed by atoms with Gasteiger partial charge >= 0.3 is 0 Å². The minimum Gasteiger partial charge on any atom is -0.475 e. The minimum atomic E-state index is 0.408. The second-order valence-corrected chi connectivity index (χ2v) is 12.3. The number of aliphatic imine (C=N–C) groups is 1. The van der Waals surface area contributed by atoms with Crippen molar-refractivity contribution in [3.05, 3.63) is 0 Å². The molecular formula is C31H55NO2. The molecule has 0 amide bonds. The molecule has 1 aliphatic heterocycles. The van der Waals surface area contributed by atoms with E-state index in [-0.39, 0.29) is 0 Å². The summed E-state index contributed by atoms with van der Waals surface area (Å²) >= 11 is 0. The summed E-state index contributed by atoms with van der Waals surface area (Å²) in [6, 6.07) is 0.476. The Morgan fingerprint density at radius 2 is 1.47 bits per heavy atom. The number of rotatable bonds is 14. The molecule has 1 heterocycles. The number of fused-ring (bicyclic) bond motifs is 2. The van der Waals surface area contributed by atoms with Crippen LogP contribution in [0.4, 0.5) is 0 Å². The first-order valence-electron chi connectivity index (χ1n) is 15.6. The molecule has 3 fully saturated rings. The maximum Gasteiger partial charge on any atom is 0.187 e. The maximum atomic E-state index is 6.52. The highest BCUT2D eigenvalue weighted by molar-refractivity contribution is 5.80. The third-order valence-electron chi connectivity index (χ3n) is 9.66. The van der Waals surface area contributed by atoms with Crippen molar-refractivity contribution in [3.63, 3.8) is 0 Å². The van der Waals surface area contributed by atoms with Gasteiger partial charge in [-0.1, -0.05) is 78.1 Å². The lowest BCUT2D eigenvalue weighted by Crippen LogP contribution is -2.36. The van der Waals surface area contributed by atoms with Crippen LogP contribution < -0.4 is 0 Å². The topological polar surface area (TPSA) is 30.8 Å². The van der Waals surface area contributed by atoms with E-state index in [1.807, 2.05) is 0 Å². The zero-order valence-electron chi connectivity index (χ0n) is 22.7. The van der Waals surface area contributed by atoms with E-state index >= 15 is 0 Å². The molecular weight excluding hydrogens is 418 g/mol. The van der Waals surface area contributed by atoms with Crippen LogP contribution in [-0.4, -0.2) is 30.8 Å². The molecule has 0 spiro atoms. The van der Waals surface area contributed by atoms with Crippen molar-refractivity contribution in [2.45, 2.75) is 161 Å². The lowest BCUT2D eigenvalue weighted by molar-refractivity contribution is -0.0181. The van der Waals surface area contributed by atoms with Crippen LogP contribution in [-0.2, 0) is 9.47 Å². The molecule has 0 bridgehead atoms. The van der Waals surface area contributed by atoms with Crippen molar-refractivity contribution in [1.29, 1.82) is 0 Å². The largest absolute Gasteiger partial charge is 0.475 e. The molecule has 4 aliphatic rings. The molecule has 0 N–H and O–H groups in total. The second-order valence-electron chi connectivity index (χ2n) is 12.3. The van der Waals surface area contributed by atoms with Crippen molar-refractivity contribution in [2.24, 2.45) is 28.7 Å². The molecule has 4 rings (SSSR count). The second kappa shape index (κ2) is 14.2. The normalized spacial score (nSPS) is 35.4. The molecule has 7 unspecified atom stereocenters. The van der Waals surface area contributed by atoms with Gasteiger partial charge < -0.3 is 9.47 Å². The summed E-state index contributed by atoms with van der Waals surface area (Å²) < 4.78 is 12.9. The molecule has 0 radical (unpaired) electrons. The van der Waals surface area contributed by atoms with Gasteiger partial charge in [0.25, 0.3) is 0 Å². The van der Waals surface area contributed by atoms with Crippen LogP contribution in [0.3, 0.4) is 0 Å². The van der Waals surface area contributed by atoms with E-state index in [0.717, 1.165) is 24.4 Å². The Morgan fingerprint density at radius 3 is 2.32 bits per heavy atom. The Labute approximate surface area is 211 Å². The van der Waals surface area contributed by atoms with Gasteiger partial charge in [-0.05, 0) is 82.0 Å². The number of ether oxygens (including phenoxy) is 2. The summed E-state index contributed by atoms with van der Waals surface area (Å²) in [6.45, 7) is 5.59. The van der Waals surface area contributed by atoms with Crippen LogP contribution in [0.15, 0.2) is 4.99 Å². The number of hydrogen-bond donors (Lipinski definition) is 0. The third-order valence-corrected chi connectivity index (χ3v) is 9.66. The van der Waals surface area contributed by atoms with Gasteiger partial charge in [0.2, 0.25) is 0 Å². The summed E-state index contributed by atoms with van der Waals surface area (Å²) in [6.07, 6.45) is 27.9. The van der Waals surface area contributed by atoms with Gasteiger partial charge in [-0.15, -0.1) is 0 Å². The van der Waals surface area contributed by atoms with Crippen LogP contribution in [0.25, 0.3) is 0 Å². The summed E-state index contributed by atoms with van der Waals surface area (Å²) in [7, 11) is 0. The van der Waals surface area contributed by atoms with Crippen LogP contribution in [0.2, 0.25) is 0 Å². The van der Waals surface area contributed by atoms with E-state index in [0.29, 0.717) is 24.2 Å². The first-order valence-corrected chi connectivity index (χ1v) is 15.6. The van der Waals surface area contributed by atoms with Crippen LogP contribution in [0, 0.1) is 23.7 Å². The fourth-order valence-corrected chi connectivity index (χ4v) is 7.50. The highest BCUT2D eigenvalue weighted by Crippen LogP contribution is 2.45. The van der Waals surface area contributed by atoms with E-state index in [1.165, 1.54) is 134 Å². The summed E-state index contributed by atoms with van der Waals surface area (Å²) in [5.41, 5.74) is 0. The maximum absolute atomic E-state index is 6.52. The van der Waals surface area contributed by atoms with Gasteiger partial charge in [-0.2, -0.15) is 0 Å². The smallest absolute Gasteiger partial charge is 0.187 e. The van der Waals surface area contributed by atoms with Gasteiger partial charge in [-0.25, -0.2) is 4.99 Å². The quantitative estimate of drug-likeness (QED) is 0.236. The van der Waals surface area contributed by atoms with Crippen molar-refractivity contribution in [1.82, 2.24) is 0 Å². The minimum absolute atomic E-state index is 0.408. The predicted octanol–water partition coefficient (Wildman–Crippen LogP) is 8.88. The van der Waals surface area contributed by atoms with Gasteiger partial charge in [0.1, 0.15) is 6.10 Å². The molecule has 3 saturated carbocycles. The van der Waals surface area contributed by atoms with Gasteiger partial charge in [0.05, 0.1) is 12.1 Å². The Morgan fingerprint density at radius 1 is 0.735 bits per heavy atom. The van der Waals surface area contributed by atoms with Gasteiger partial charge in [-0.3, -0.25) is 0 Å². The van der Waals surface area contributed by atoms with Crippen LogP contribution >= 0.6 is 0 Å². The fourth-order valence-electron chi connectivity index (χ4n) is 7.50. The lowest BCUT2D eigenvalue weighted by Gasteiger charge is -2.41. The zero-order chi connectivity index (χ0) is 23.6. The van der Waals surface area contributed by atoms with Gasteiger partial charge in [0, 0.05) is 12.5 Å². The monoisotopic (exact) mass is 473 g/mol. The molecule has 7 atom stereocenters. The Hall–Kier alpha value is -0.570. The Bertz CT molecular complexity index is 604. The number of unbranched alkanes of at least 4 members (excludes halogenated alkanes) is 8. The van der Waals surface area contributed by atoms with Crippen LogP contribution in [0.5, 0.6) is 0 Å². The van der Waals surface area contributed by atoms with Crippen molar-refractivity contribution in [3.8, 4) is 0 Å². The first-order chi connectivity index (χ1) is 16.8. The molecule has 3 aliphatic carbocycles. The molecule has 3 nitrogen and oxygen atoms in total. The number of nitrogens with zero attached hydrogens (tertiary/aromatic N) is 1. The molecule has 0 aromatic heterocycles. The van der Waals surface area contributed by atoms with Gasteiger partial charge in [0.15, 0.2) is 5.90 Å². The molecule has 0 saturated heterocycles. The molecule has 0 aromatic carbocycles. The van der Waals surface area contributed by atoms with Crippen molar-refractivity contribution < 1.29 is 9.47 Å². The summed E-state index contributed by atoms with van der Waals surface area (Å²) in [4.78, 5) is 5.23. The highest BCUT2D eigenvalue weighted by Gasteiger charge is 2.42. The summed E-state index contributed by atoms with van der Waals surface area (Å²) in [5.74, 6) is 4.44. The van der Waals surface area contributed by atoms with E-state index in [9.17, 15) is 0 Å². The Balaban J connectivity index is 1.14. The standard InChI is InChI=1S/C31H55NO2/c1-3-5-7-9-10-12-20-33-28-18-17-25-22-27(16-15-26(25)23-28)31-32-29-21-24(13-11-8-6-4-2)14-19-30(29)34-31/h24-30H,3-23H2,1-2H3. The Kier molecular flexibility index (Phi) is 11.1. The third kappa shape index (κ3) is 7.71. The SMILES string of the molecule is CCCCCCCCOC1CCC2CC(C3=NC4CC(CCCCCC)CCC4O3)CCC2C1.